The number of allylic oxidation sites excluding steroid dienone is 1. The Bertz CT molecular complexity index is 294. The summed E-state index contributed by atoms with van der Waals surface area (Å²) in [5.41, 5.74) is 0. The number of ether oxygens (including phenoxy) is 1. The Morgan fingerprint density at radius 2 is 1.58 bits per heavy atom. The van der Waals surface area contributed by atoms with E-state index < -0.39 is 0 Å². The van der Waals surface area contributed by atoms with Crippen LogP contribution in [0.5, 0.6) is 0 Å². The van der Waals surface area contributed by atoms with E-state index in [-0.39, 0.29) is 11.9 Å². The van der Waals surface area contributed by atoms with E-state index in [9.17, 15) is 4.79 Å². The van der Waals surface area contributed by atoms with Crippen molar-refractivity contribution in [1.29, 1.82) is 0 Å². The Labute approximate surface area is 117 Å². The molecule has 0 aromatic carbocycles. The molecular weight excluding hydrogens is 236 g/mol. The molecule has 2 aliphatic rings. The molecule has 0 atom stereocenters. The topological polar surface area (TPSA) is 26.3 Å². The summed E-state index contributed by atoms with van der Waals surface area (Å²) < 4.78 is 5.14. The van der Waals surface area contributed by atoms with E-state index in [0.717, 1.165) is 30.6 Å². The molecule has 0 N–H and O–H groups in total. The van der Waals surface area contributed by atoms with Gasteiger partial charge < -0.3 is 4.74 Å². The van der Waals surface area contributed by atoms with Gasteiger partial charge in [-0.2, -0.15) is 0 Å². The SMILES string of the molecule is C=CC1CCC(C2CCC(C(=O)OCC)CC2)CC1. The van der Waals surface area contributed by atoms with Crippen LogP contribution < -0.4 is 0 Å². The maximum absolute atomic E-state index is 11.7. The number of esters is 1. The monoisotopic (exact) mass is 264 g/mol. The predicted octanol–water partition coefficient (Wildman–Crippen LogP) is 4.35. The summed E-state index contributed by atoms with van der Waals surface area (Å²) >= 11 is 0. The molecule has 0 spiro atoms. The van der Waals surface area contributed by atoms with Crippen LogP contribution in [0.15, 0.2) is 12.7 Å². The zero-order valence-electron chi connectivity index (χ0n) is 12.3. The molecule has 0 radical (unpaired) electrons. The normalized spacial score (nSPS) is 35.6. The molecule has 0 unspecified atom stereocenters. The molecule has 2 nitrogen and oxygen atoms in total. The highest BCUT2D eigenvalue weighted by Gasteiger charge is 2.32. The van der Waals surface area contributed by atoms with Crippen LogP contribution in [0, 0.1) is 23.7 Å². The highest BCUT2D eigenvalue weighted by atomic mass is 16.5. The van der Waals surface area contributed by atoms with Crippen molar-refractivity contribution < 1.29 is 9.53 Å². The molecule has 0 heterocycles. The number of hydrogen-bond donors (Lipinski definition) is 0. The molecule has 2 saturated carbocycles. The van der Waals surface area contributed by atoms with Gasteiger partial charge in [0.2, 0.25) is 0 Å². The van der Waals surface area contributed by atoms with E-state index >= 15 is 0 Å². The number of carbonyl (C=O) groups excluding carboxylic acids is 1. The molecule has 2 aliphatic carbocycles. The van der Waals surface area contributed by atoms with Crippen molar-refractivity contribution in [3.8, 4) is 0 Å². The molecule has 0 aromatic rings. The van der Waals surface area contributed by atoms with Crippen molar-refractivity contribution in [1.82, 2.24) is 0 Å². The largest absolute Gasteiger partial charge is 0.466 e. The average molecular weight is 264 g/mol. The summed E-state index contributed by atoms with van der Waals surface area (Å²) in [5, 5.41) is 0. The lowest BCUT2D eigenvalue weighted by Gasteiger charge is -2.36. The van der Waals surface area contributed by atoms with Crippen LogP contribution in [-0.4, -0.2) is 12.6 Å². The third-order valence-corrected chi connectivity index (χ3v) is 5.21. The summed E-state index contributed by atoms with van der Waals surface area (Å²) in [6, 6.07) is 0. The first-order valence-corrected chi connectivity index (χ1v) is 8.03. The van der Waals surface area contributed by atoms with Crippen LogP contribution in [0.4, 0.5) is 0 Å². The molecule has 0 bridgehead atoms. The van der Waals surface area contributed by atoms with E-state index in [1.807, 2.05) is 6.92 Å². The number of rotatable bonds is 4. The van der Waals surface area contributed by atoms with Crippen LogP contribution in [0.3, 0.4) is 0 Å². The molecule has 108 valence electrons. The Kier molecular flexibility index (Phi) is 5.47. The first-order chi connectivity index (χ1) is 9.24. The van der Waals surface area contributed by atoms with Gasteiger partial charge in [0, 0.05) is 0 Å². The Hall–Kier alpha value is -0.790. The van der Waals surface area contributed by atoms with Gasteiger partial charge in [-0.1, -0.05) is 6.08 Å². The molecule has 0 amide bonds. The first kappa shape index (κ1) is 14.6. The van der Waals surface area contributed by atoms with Gasteiger partial charge in [-0.15, -0.1) is 6.58 Å². The van der Waals surface area contributed by atoms with E-state index in [4.69, 9.17) is 4.74 Å². The van der Waals surface area contributed by atoms with Gasteiger partial charge in [-0.05, 0) is 76.0 Å². The Morgan fingerprint density at radius 1 is 1.05 bits per heavy atom. The second-order valence-electron chi connectivity index (χ2n) is 6.27. The molecular formula is C17H28O2. The summed E-state index contributed by atoms with van der Waals surface area (Å²) in [5.74, 6) is 2.74. The van der Waals surface area contributed by atoms with Crippen molar-refractivity contribution in [3.63, 3.8) is 0 Å². The fourth-order valence-corrected chi connectivity index (χ4v) is 3.94. The van der Waals surface area contributed by atoms with Gasteiger partial charge in [0.1, 0.15) is 0 Å². The van der Waals surface area contributed by atoms with Crippen molar-refractivity contribution in [2.75, 3.05) is 6.61 Å². The van der Waals surface area contributed by atoms with Gasteiger partial charge >= 0.3 is 5.97 Å². The third-order valence-electron chi connectivity index (χ3n) is 5.21. The highest BCUT2D eigenvalue weighted by molar-refractivity contribution is 5.72. The van der Waals surface area contributed by atoms with Gasteiger partial charge in [0.15, 0.2) is 0 Å². The van der Waals surface area contributed by atoms with Crippen molar-refractivity contribution in [2.45, 2.75) is 58.3 Å². The standard InChI is InChI=1S/C17H28O2/c1-3-13-5-7-14(8-6-13)15-9-11-16(12-10-15)17(18)19-4-2/h3,13-16H,1,4-12H2,2H3. The summed E-state index contributed by atoms with van der Waals surface area (Å²) in [6.45, 7) is 6.33. The zero-order valence-corrected chi connectivity index (χ0v) is 12.3. The molecule has 0 aliphatic heterocycles. The van der Waals surface area contributed by atoms with Gasteiger partial charge in [0.05, 0.1) is 12.5 Å². The number of carbonyl (C=O) groups is 1. The molecule has 0 aromatic heterocycles. The Morgan fingerprint density at radius 3 is 2.05 bits per heavy atom. The van der Waals surface area contributed by atoms with Crippen molar-refractivity contribution >= 4 is 5.97 Å². The van der Waals surface area contributed by atoms with Crippen LogP contribution in [-0.2, 0) is 9.53 Å². The lowest BCUT2D eigenvalue weighted by molar-refractivity contribution is -0.149. The molecule has 2 fully saturated rings. The van der Waals surface area contributed by atoms with E-state index in [1.54, 1.807) is 0 Å². The second kappa shape index (κ2) is 7.12. The van der Waals surface area contributed by atoms with Gasteiger partial charge in [-0.25, -0.2) is 0 Å². The lowest BCUT2D eigenvalue weighted by Crippen LogP contribution is -2.28. The maximum atomic E-state index is 11.7. The molecule has 19 heavy (non-hydrogen) atoms. The van der Waals surface area contributed by atoms with Crippen LogP contribution in [0.2, 0.25) is 0 Å². The quantitative estimate of drug-likeness (QED) is 0.557. The van der Waals surface area contributed by atoms with Crippen LogP contribution >= 0.6 is 0 Å². The summed E-state index contributed by atoms with van der Waals surface area (Å²) in [4.78, 5) is 11.7. The summed E-state index contributed by atoms with van der Waals surface area (Å²) in [7, 11) is 0. The van der Waals surface area contributed by atoms with Crippen molar-refractivity contribution in [2.24, 2.45) is 23.7 Å². The Balaban J connectivity index is 1.74. The first-order valence-electron chi connectivity index (χ1n) is 8.03. The van der Waals surface area contributed by atoms with Crippen molar-refractivity contribution in [3.05, 3.63) is 12.7 Å². The minimum absolute atomic E-state index is 0.0383. The van der Waals surface area contributed by atoms with Gasteiger partial charge in [-0.3, -0.25) is 4.79 Å². The van der Waals surface area contributed by atoms with Crippen LogP contribution in [0.1, 0.15) is 58.3 Å². The van der Waals surface area contributed by atoms with Gasteiger partial charge in [0.25, 0.3) is 0 Å². The maximum Gasteiger partial charge on any atom is 0.308 e. The predicted molar refractivity (Wildman–Crippen MR) is 77.7 cm³/mol. The fourth-order valence-electron chi connectivity index (χ4n) is 3.94. The molecule has 0 saturated heterocycles. The average Bonchev–Trinajstić information content (AvgIpc) is 2.48. The number of hydrogen-bond acceptors (Lipinski definition) is 2. The highest BCUT2D eigenvalue weighted by Crippen LogP contribution is 2.41. The fraction of sp³-hybridized carbons (Fsp3) is 0.824. The minimum atomic E-state index is 0.0383. The third kappa shape index (κ3) is 3.84. The zero-order chi connectivity index (χ0) is 13.7. The second-order valence-corrected chi connectivity index (χ2v) is 6.27. The van der Waals surface area contributed by atoms with E-state index in [1.165, 1.54) is 38.5 Å². The smallest absolute Gasteiger partial charge is 0.308 e. The lowest BCUT2D eigenvalue weighted by atomic mass is 9.69. The minimum Gasteiger partial charge on any atom is -0.466 e. The van der Waals surface area contributed by atoms with Crippen LogP contribution in [0.25, 0.3) is 0 Å². The summed E-state index contributed by atoms with van der Waals surface area (Å²) in [6.07, 6.45) is 12.1. The van der Waals surface area contributed by atoms with E-state index in [0.29, 0.717) is 6.61 Å². The van der Waals surface area contributed by atoms with E-state index in [2.05, 4.69) is 12.7 Å². The molecule has 2 heteroatoms. The molecule has 2 rings (SSSR count).